The number of carbonyl (C=O) groups is 1. The summed E-state index contributed by atoms with van der Waals surface area (Å²) < 4.78 is 15.5. The molecule has 1 heterocycles. The molecule has 1 N–H and O–H groups in total. The van der Waals surface area contributed by atoms with Crippen molar-refractivity contribution in [3.05, 3.63) is 66.2 Å². The Labute approximate surface area is 152 Å². The number of benzene rings is 2. The zero-order chi connectivity index (χ0) is 18.5. The van der Waals surface area contributed by atoms with Crippen molar-refractivity contribution in [3.63, 3.8) is 0 Å². The van der Waals surface area contributed by atoms with Crippen LogP contribution in [0.15, 0.2) is 54.9 Å². The summed E-state index contributed by atoms with van der Waals surface area (Å²) >= 11 is 0. The van der Waals surface area contributed by atoms with Crippen LogP contribution in [-0.2, 0) is 11.3 Å². The number of aromatic nitrogens is 2. The second-order valence-corrected chi connectivity index (χ2v) is 6.52. The van der Waals surface area contributed by atoms with Crippen LogP contribution in [0.4, 0.5) is 4.39 Å². The molecule has 0 saturated carbocycles. The number of nitrogens with zero attached hydrogens (tertiary/aromatic N) is 3. The quantitative estimate of drug-likeness (QED) is 0.710. The van der Waals surface area contributed by atoms with Crippen LogP contribution < -0.4 is 5.32 Å². The Morgan fingerprint density at radius 2 is 2.04 bits per heavy atom. The minimum Gasteiger partial charge on any atom is -0.354 e. The van der Waals surface area contributed by atoms with Gasteiger partial charge in [-0.1, -0.05) is 24.3 Å². The first-order valence-electron chi connectivity index (χ1n) is 8.63. The van der Waals surface area contributed by atoms with E-state index in [2.05, 4.69) is 10.3 Å². The van der Waals surface area contributed by atoms with Crippen molar-refractivity contribution in [1.29, 1.82) is 0 Å². The number of carbonyl (C=O) groups excluding carboxylic acids is 1. The van der Waals surface area contributed by atoms with Crippen molar-refractivity contribution in [3.8, 4) is 0 Å². The zero-order valence-corrected chi connectivity index (χ0v) is 15.0. The lowest BCUT2D eigenvalue weighted by atomic mass is 10.1. The Morgan fingerprint density at radius 3 is 2.81 bits per heavy atom. The maximum atomic E-state index is 13.5. The van der Waals surface area contributed by atoms with Gasteiger partial charge in [0, 0.05) is 19.5 Å². The van der Waals surface area contributed by atoms with Gasteiger partial charge in [-0.2, -0.15) is 0 Å². The highest BCUT2D eigenvalue weighted by molar-refractivity contribution is 5.77. The number of imidazole rings is 1. The number of aryl methyl sites for hydroxylation is 1. The molecular formula is C20H23FN4O. The second-order valence-electron chi connectivity index (χ2n) is 6.52. The van der Waals surface area contributed by atoms with Crippen LogP contribution in [0.2, 0.25) is 0 Å². The molecule has 26 heavy (non-hydrogen) atoms. The molecule has 6 heteroatoms. The lowest BCUT2D eigenvalue weighted by Crippen LogP contribution is -2.34. The van der Waals surface area contributed by atoms with Crippen LogP contribution in [0.5, 0.6) is 0 Å². The molecule has 1 aromatic heterocycles. The van der Waals surface area contributed by atoms with E-state index in [-0.39, 0.29) is 17.8 Å². The summed E-state index contributed by atoms with van der Waals surface area (Å²) in [6.07, 6.45) is 2.12. The zero-order valence-electron chi connectivity index (χ0n) is 15.0. The normalized spacial score (nSPS) is 12.5. The van der Waals surface area contributed by atoms with Crippen LogP contribution >= 0.6 is 0 Å². The standard InChI is InChI=1S/C20H23FN4O/c1-24(2)19(15-6-5-7-16(21)12-15)13-22-20(26)10-11-25-14-23-17-8-3-4-9-18(17)25/h3-9,12,14,19H,10-11,13H2,1-2H3,(H,22,26). The molecule has 136 valence electrons. The Morgan fingerprint density at radius 1 is 1.23 bits per heavy atom. The van der Waals surface area contributed by atoms with E-state index in [0.717, 1.165) is 16.6 Å². The third-order valence-corrected chi connectivity index (χ3v) is 4.46. The summed E-state index contributed by atoms with van der Waals surface area (Å²) in [7, 11) is 3.83. The highest BCUT2D eigenvalue weighted by atomic mass is 19.1. The summed E-state index contributed by atoms with van der Waals surface area (Å²) in [6, 6.07) is 14.3. The number of halogens is 1. The van der Waals surface area contributed by atoms with Crippen LogP contribution in [0.1, 0.15) is 18.0 Å². The molecule has 0 aliphatic carbocycles. The number of amides is 1. The minimum absolute atomic E-state index is 0.0361. The molecule has 1 unspecified atom stereocenters. The fourth-order valence-electron chi connectivity index (χ4n) is 3.02. The summed E-state index contributed by atoms with van der Waals surface area (Å²) in [5.41, 5.74) is 2.79. The van der Waals surface area contributed by atoms with Gasteiger partial charge in [0.15, 0.2) is 0 Å². The van der Waals surface area contributed by atoms with Gasteiger partial charge in [0.2, 0.25) is 5.91 Å². The molecule has 3 aromatic rings. The fraction of sp³-hybridized carbons (Fsp3) is 0.300. The first-order valence-corrected chi connectivity index (χ1v) is 8.63. The second kappa shape index (κ2) is 8.10. The molecule has 0 aliphatic heterocycles. The van der Waals surface area contributed by atoms with Gasteiger partial charge in [-0.15, -0.1) is 0 Å². The molecule has 5 nitrogen and oxygen atoms in total. The maximum Gasteiger partial charge on any atom is 0.221 e. The lowest BCUT2D eigenvalue weighted by Gasteiger charge is -2.25. The van der Waals surface area contributed by atoms with Gasteiger partial charge in [0.1, 0.15) is 5.82 Å². The summed E-state index contributed by atoms with van der Waals surface area (Å²) in [5, 5.41) is 2.96. The van der Waals surface area contributed by atoms with E-state index in [1.54, 1.807) is 12.4 Å². The molecule has 1 amide bonds. The maximum absolute atomic E-state index is 13.5. The molecule has 0 fully saturated rings. The average Bonchev–Trinajstić information content (AvgIpc) is 3.03. The highest BCUT2D eigenvalue weighted by Crippen LogP contribution is 2.18. The van der Waals surface area contributed by atoms with E-state index < -0.39 is 0 Å². The Balaban J connectivity index is 1.57. The number of para-hydroxylation sites is 2. The number of nitrogens with one attached hydrogen (secondary N) is 1. The molecular weight excluding hydrogens is 331 g/mol. The SMILES string of the molecule is CN(C)C(CNC(=O)CCn1cnc2ccccc21)c1cccc(F)c1. The van der Waals surface area contributed by atoms with E-state index in [4.69, 9.17) is 0 Å². The van der Waals surface area contributed by atoms with Crippen molar-refractivity contribution in [2.45, 2.75) is 19.0 Å². The highest BCUT2D eigenvalue weighted by Gasteiger charge is 2.16. The van der Waals surface area contributed by atoms with E-state index in [0.29, 0.717) is 19.5 Å². The molecule has 0 aliphatic rings. The van der Waals surface area contributed by atoms with Gasteiger partial charge in [0.05, 0.1) is 23.4 Å². The molecule has 1 atom stereocenters. The van der Waals surface area contributed by atoms with E-state index in [1.165, 1.54) is 12.1 Å². The molecule has 0 saturated heterocycles. The third-order valence-electron chi connectivity index (χ3n) is 4.46. The monoisotopic (exact) mass is 354 g/mol. The molecule has 2 aromatic carbocycles. The first kappa shape index (κ1) is 18.1. The van der Waals surface area contributed by atoms with Gasteiger partial charge in [-0.05, 0) is 43.9 Å². The third kappa shape index (κ3) is 4.26. The van der Waals surface area contributed by atoms with Gasteiger partial charge < -0.3 is 14.8 Å². The number of likely N-dealkylation sites (N-methyl/N-ethyl adjacent to an activating group) is 1. The van der Waals surface area contributed by atoms with Crippen molar-refractivity contribution >= 4 is 16.9 Å². The Bertz CT molecular complexity index is 890. The van der Waals surface area contributed by atoms with Crippen LogP contribution in [0.3, 0.4) is 0 Å². The molecule has 0 radical (unpaired) electrons. The summed E-state index contributed by atoms with van der Waals surface area (Å²) in [4.78, 5) is 18.6. The smallest absolute Gasteiger partial charge is 0.221 e. The van der Waals surface area contributed by atoms with Crippen molar-refractivity contribution in [2.24, 2.45) is 0 Å². The number of hydrogen-bond acceptors (Lipinski definition) is 3. The van der Waals surface area contributed by atoms with E-state index in [1.807, 2.05) is 53.9 Å². The minimum atomic E-state index is -0.271. The topological polar surface area (TPSA) is 50.2 Å². The van der Waals surface area contributed by atoms with Gasteiger partial charge in [-0.3, -0.25) is 4.79 Å². The van der Waals surface area contributed by atoms with Gasteiger partial charge in [0.25, 0.3) is 0 Å². The predicted octanol–water partition coefficient (Wildman–Crippen LogP) is 2.98. The Kier molecular flexibility index (Phi) is 5.63. The Hall–Kier alpha value is -2.73. The van der Waals surface area contributed by atoms with E-state index >= 15 is 0 Å². The molecule has 0 bridgehead atoms. The number of fused-ring (bicyclic) bond motifs is 1. The summed E-state index contributed by atoms with van der Waals surface area (Å²) in [6.45, 7) is 0.999. The summed E-state index contributed by atoms with van der Waals surface area (Å²) in [5.74, 6) is -0.307. The van der Waals surface area contributed by atoms with Crippen molar-refractivity contribution < 1.29 is 9.18 Å². The van der Waals surface area contributed by atoms with Gasteiger partial charge in [-0.25, -0.2) is 9.37 Å². The van der Waals surface area contributed by atoms with E-state index in [9.17, 15) is 9.18 Å². The van der Waals surface area contributed by atoms with Crippen LogP contribution in [0, 0.1) is 5.82 Å². The van der Waals surface area contributed by atoms with Gasteiger partial charge >= 0.3 is 0 Å². The average molecular weight is 354 g/mol. The van der Waals surface area contributed by atoms with Crippen molar-refractivity contribution in [2.75, 3.05) is 20.6 Å². The predicted molar refractivity (Wildman–Crippen MR) is 100 cm³/mol. The molecule has 0 spiro atoms. The van der Waals surface area contributed by atoms with Crippen LogP contribution in [0.25, 0.3) is 11.0 Å². The first-order chi connectivity index (χ1) is 12.5. The molecule has 3 rings (SSSR count). The van der Waals surface area contributed by atoms with Crippen LogP contribution in [-0.4, -0.2) is 41.0 Å². The lowest BCUT2D eigenvalue weighted by molar-refractivity contribution is -0.121. The van der Waals surface area contributed by atoms with Crippen molar-refractivity contribution in [1.82, 2.24) is 19.8 Å². The number of hydrogen-bond donors (Lipinski definition) is 1. The largest absolute Gasteiger partial charge is 0.354 e. The fourth-order valence-corrected chi connectivity index (χ4v) is 3.02. The number of rotatable bonds is 7.